The van der Waals surface area contributed by atoms with Gasteiger partial charge in [-0.15, -0.1) is 0 Å². The van der Waals surface area contributed by atoms with Crippen molar-refractivity contribution in [3.05, 3.63) is 25.3 Å². The van der Waals surface area contributed by atoms with E-state index in [-0.39, 0.29) is 29.8 Å². The first-order valence-electron chi connectivity index (χ1n) is 8.58. The maximum atomic E-state index is 11.2. The van der Waals surface area contributed by atoms with Crippen LogP contribution in [0.3, 0.4) is 0 Å². The summed E-state index contributed by atoms with van der Waals surface area (Å²) >= 11 is 0. The molecule has 1 N–H and O–H groups in total. The van der Waals surface area contributed by atoms with Crippen molar-refractivity contribution in [3.8, 4) is 0 Å². The van der Waals surface area contributed by atoms with Crippen LogP contribution < -0.4 is 5.32 Å². The zero-order valence-corrected chi connectivity index (χ0v) is 15.5. The van der Waals surface area contributed by atoms with Gasteiger partial charge in [-0.3, -0.25) is 9.59 Å². The molecule has 0 aromatic heterocycles. The Bertz CT molecular complexity index is 370. The van der Waals surface area contributed by atoms with Crippen molar-refractivity contribution in [2.75, 3.05) is 19.8 Å². The molecule has 0 saturated carbocycles. The van der Waals surface area contributed by atoms with Crippen LogP contribution in [-0.4, -0.2) is 43.7 Å². The van der Waals surface area contributed by atoms with Crippen molar-refractivity contribution in [2.24, 2.45) is 11.8 Å². The second-order valence-corrected chi connectivity index (χ2v) is 6.42. The molecular formula is C19H33NO4. The summed E-state index contributed by atoms with van der Waals surface area (Å²) in [7, 11) is 0. The smallest absolute Gasteiger partial charge is 0.243 e. The van der Waals surface area contributed by atoms with Crippen LogP contribution in [0.2, 0.25) is 0 Å². The number of carbonyl (C=O) groups excluding carboxylic acids is 2. The number of nitrogens with one attached hydrogen (secondary N) is 1. The summed E-state index contributed by atoms with van der Waals surface area (Å²) in [5.74, 6) is 0.454. The highest BCUT2D eigenvalue weighted by Crippen LogP contribution is 2.13. The van der Waals surface area contributed by atoms with Crippen molar-refractivity contribution in [2.45, 2.75) is 52.7 Å². The zero-order chi connectivity index (χ0) is 18.5. The van der Waals surface area contributed by atoms with Gasteiger partial charge in [-0.1, -0.05) is 27.0 Å². The molecule has 1 amide bonds. The first-order valence-corrected chi connectivity index (χ1v) is 8.58. The normalized spacial score (nSPS) is 15.8. The van der Waals surface area contributed by atoms with E-state index in [9.17, 15) is 9.59 Å². The van der Waals surface area contributed by atoms with Gasteiger partial charge >= 0.3 is 0 Å². The number of rotatable bonds is 14. The minimum atomic E-state index is -0.195. The van der Waals surface area contributed by atoms with Gasteiger partial charge < -0.3 is 14.8 Å². The van der Waals surface area contributed by atoms with Crippen LogP contribution >= 0.6 is 0 Å². The molecule has 4 atom stereocenters. The number of ketones is 1. The fourth-order valence-corrected chi connectivity index (χ4v) is 1.88. The summed E-state index contributed by atoms with van der Waals surface area (Å²) in [6, 6.07) is 0. The molecule has 0 radical (unpaired) electrons. The summed E-state index contributed by atoms with van der Waals surface area (Å²) < 4.78 is 11.6. The molecule has 0 aromatic rings. The number of hydrogen-bond donors (Lipinski definition) is 1. The molecule has 24 heavy (non-hydrogen) atoms. The Morgan fingerprint density at radius 3 is 2.29 bits per heavy atom. The number of allylic oxidation sites excluding steroid dienone is 1. The van der Waals surface area contributed by atoms with E-state index >= 15 is 0 Å². The molecule has 0 fully saturated rings. The van der Waals surface area contributed by atoms with Crippen LogP contribution in [0.5, 0.6) is 0 Å². The summed E-state index contributed by atoms with van der Waals surface area (Å²) in [5, 5.41) is 2.71. The molecular weight excluding hydrogens is 306 g/mol. The Morgan fingerprint density at radius 1 is 1.04 bits per heavy atom. The summed E-state index contributed by atoms with van der Waals surface area (Å²) in [4.78, 5) is 22.3. The number of amides is 1. The molecule has 0 aliphatic heterocycles. The molecule has 0 aliphatic carbocycles. The lowest BCUT2D eigenvalue weighted by molar-refractivity contribution is -0.117. The van der Waals surface area contributed by atoms with E-state index < -0.39 is 0 Å². The predicted molar refractivity (Wildman–Crippen MR) is 96.8 cm³/mol. The van der Waals surface area contributed by atoms with Crippen LogP contribution in [0.4, 0.5) is 0 Å². The molecule has 0 heterocycles. The monoisotopic (exact) mass is 339 g/mol. The van der Waals surface area contributed by atoms with Gasteiger partial charge in [-0.25, -0.2) is 0 Å². The maximum Gasteiger partial charge on any atom is 0.243 e. The van der Waals surface area contributed by atoms with Crippen LogP contribution in [0, 0.1) is 11.8 Å². The number of hydrogen-bond acceptors (Lipinski definition) is 4. The first-order chi connectivity index (χ1) is 11.3. The van der Waals surface area contributed by atoms with E-state index in [1.54, 1.807) is 0 Å². The van der Waals surface area contributed by atoms with Gasteiger partial charge in [0.2, 0.25) is 5.91 Å². The number of carbonyl (C=O) groups is 2. The highest BCUT2D eigenvalue weighted by Gasteiger charge is 2.16. The third-order valence-electron chi connectivity index (χ3n) is 3.95. The number of ether oxygens (including phenoxy) is 2. The maximum absolute atomic E-state index is 11.2. The van der Waals surface area contributed by atoms with E-state index in [2.05, 4.69) is 32.3 Å². The molecule has 0 aromatic carbocycles. The first kappa shape index (κ1) is 22.5. The van der Waals surface area contributed by atoms with Crippen LogP contribution in [0.1, 0.15) is 40.5 Å². The van der Waals surface area contributed by atoms with Crippen molar-refractivity contribution >= 4 is 11.7 Å². The van der Waals surface area contributed by atoms with E-state index in [0.717, 1.165) is 6.42 Å². The van der Waals surface area contributed by atoms with Crippen LogP contribution in [0.25, 0.3) is 0 Å². The van der Waals surface area contributed by atoms with E-state index in [1.807, 2.05) is 13.8 Å². The topological polar surface area (TPSA) is 64.6 Å². The van der Waals surface area contributed by atoms with Gasteiger partial charge in [0.05, 0.1) is 18.8 Å². The molecule has 4 unspecified atom stereocenters. The van der Waals surface area contributed by atoms with Gasteiger partial charge in [0.15, 0.2) is 5.78 Å². The quantitative estimate of drug-likeness (QED) is 0.494. The minimum Gasteiger partial charge on any atom is -0.378 e. The SMILES string of the molecule is C=CC(=O)CCC(C)COC(C)C(C)COC(C)CNC(=O)C=C. The lowest BCUT2D eigenvalue weighted by atomic mass is 10.0. The highest BCUT2D eigenvalue weighted by atomic mass is 16.5. The standard InChI is InChI=1S/C19H33NO4/c1-7-18(21)10-9-14(3)12-24-17(6)15(4)13-23-16(5)11-20-19(22)8-2/h7-8,14-17H,1-2,9-13H2,3-6H3,(H,20,22). The molecule has 0 bridgehead atoms. The average Bonchev–Trinajstić information content (AvgIpc) is 2.59. The Labute approximate surface area is 146 Å². The second kappa shape index (κ2) is 12.9. The van der Waals surface area contributed by atoms with Gasteiger partial charge in [0.1, 0.15) is 0 Å². The second-order valence-electron chi connectivity index (χ2n) is 6.42. The molecule has 0 spiro atoms. The van der Waals surface area contributed by atoms with Gasteiger partial charge in [-0.2, -0.15) is 0 Å². The van der Waals surface area contributed by atoms with E-state index in [4.69, 9.17) is 9.47 Å². The predicted octanol–water partition coefficient (Wildman–Crippen LogP) is 2.91. The van der Waals surface area contributed by atoms with Crippen molar-refractivity contribution < 1.29 is 19.1 Å². The lowest BCUT2D eigenvalue weighted by Crippen LogP contribution is -2.33. The molecule has 138 valence electrons. The molecule has 0 aliphatic rings. The summed E-state index contributed by atoms with van der Waals surface area (Å²) in [6.07, 6.45) is 3.95. The Balaban J connectivity index is 3.91. The van der Waals surface area contributed by atoms with Crippen LogP contribution in [0.15, 0.2) is 25.3 Å². The zero-order valence-electron chi connectivity index (χ0n) is 15.5. The lowest BCUT2D eigenvalue weighted by Gasteiger charge is -2.24. The van der Waals surface area contributed by atoms with Crippen molar-refractivity contribution in [1.29, 1.82) is 0 Å². The molecule has 5 heteroatoms. The van der Waals surface area contributed by atoms with Gasteiger partial charge in [0.25, 0.3) is 0 Å². The van der Waals surface area contributed by atoms with E-state index in [0.29, 0.717) is 32.1 Å². The van der Waals surface area contributed by atoms with E-state index in [1.165, 1.54) is 12.2 Å². The van der Waals surface area contributed by atoms with Crippen molar-refractivity contribution in [3.63, 3.8) is 0 Å². The molecule has 0 rings (SSSR count). The van der Waals surface area contributed by atoms with Gasteiger partial charge in [0, 0.05) is 25.5 Å². The fourth-order valence-electron chi connectivity index (χ4n) is 1.88. The Morgan fingerprint density at radius 2 is 1.71 bits per heavy atom. The fraction of sp³-hybridized carbons (Fsp3) is 0.684. The largest absolute Gasteiger partial charge is 0.378 e. The molecule has 0 saturated heterocycles. The van der Waals surface area contributed by atoms with Gasteiger partial charge in [-0.05, 0) is 38.3 Å². The van der Waals surface area contributed by atoms with Crippen molar-refractivity contribution in [1.82, 2.24) is 5.32 Å². The summed E-state index contributed by atoms with van der Waals surface area (Å²) in [6.45, 7) is 16.6. The average molecular weight is 339 g/mol. The Kier molecular flexibility index (Phi) is 12.1. The summed E-state index contributed by atoms with van der Waals surface area (Å²) in [5.41, 5.74) is 0. The third-order valence-corrected chi connectivity index (χ3v) is 3.95. The minimum absolute atomic E-state index is 0.0626. The Hall–Kier alpha value is -1.46. The highest BCUT2D eigenvalue weighted by molar-refractivity contribution is 5.88. The third kappa shape index (κ3) is 11.1. The molecule has 5 nitrogen and oxygen atoms in total. The van der Waals surface area contributed by atoms with Crippen LogP contribution in [-0.2, 0) is 19.1 Å².